The molecule has 6 nitrogen and oxygen atoms in total. The highest BCUT2D eigenvalue weighted by molar-refractivity contribution is 7.91. The lowest BCUT2D eigenvalue weighted by atomic mass is 9.60. The molecule has 0 aliphatic heterocycles. The van der Waals surface area contributed by atoms with Gasteiger partial charge in [-0.05, 0) is 85.2 Å². The molecule has 0 spiro atoms. The van der Waals surface area contributed by atoms with Crippen molar-refractivity contribution >= 4 is 31.8 Å². The number of aryl methyl sites for hydroxylation is 1. The average molecular weight is 577 g/mol. The van der Waals surface area contributed by atoms with Crippen LogP contribution in [-0.2, 0) is 9.84 Å². The van der Waals surface area contributed by atoms with Crippen molar-refractivity contribution in [3.05, 3.63) is 61.1 Å². The van der Waals surface area contributed by atoms with Crippen molar-refractivity contribution in [2.45, 2.75) is 72.2 Å². The molecule has 2 aromatic heterocycles. The van der Waals surface area contributed by atoms with Crippen LogP contribution in [0, 0.1) is 24.7 Å². The molecule has 4 aromatic rings. The topological polar surface area (TPSA) is 75.3 Å². The lowest BCUT2D eigenvalue weighted by molar-refractivity contribution is -0.0393. The molecule has 1 N–H and O–H groups in total. The van der Waals surface area contributed by atoms with E-state index in [0.717, 1.165) is 57.3 Å². The zero-order chi connectivity index (χ0) is 30.4. The van der Waals surface area contributed by atoms with Gasteiger partial charge in [-0.3, -0.25) is 4.90 Å². The fourth-order valence-corrected chi connectivity index (χ4v) is 7.22. The molecular weight excluding hydrogens is 530 g/mol. The minimum atomic E-state index is -3.33. The number of hydrogen-bond donors (Lipinski definition) is 1. The quantitative estimate of drug-likeness (QED) is 0.205. The number of sulfone groups is 1. The molecule has 0 unspecified atom stereocenters. The number of nitrogens with zero attached hydrogens (tertiary/aromatic N) is 2. The number of fused-ring (bicyclic) bond motifs is 3. The van der Waals surface area contributed by atoms with Crippen molar-refractivity contribution in [2.75, 3.05) is 26.0 Å². The second-order valence-corrected chi connectivity index (χ2v) is 15.6. The van der Waals surface area contributed by atoms with E-state index in [4.69, 9.17) is 11.7 Å². The summed E-state index contributed by atoms with van der Waals surface area (Å²) in [5.74, 6) is 0.817. The summed E-state index contributed by atoms with van der Waals surface area (Å²) >= 11 is 0. The van der Waals surface area contributed by atoms with Crippen LogP contribution in [0.3, 0.4) is 0 Å². The zero-order valence-electron chi connectivity index (χ0n) is 26.2. The Labute approximate surface area is 246 Å². The summed E-state index contributed by atoms with van der Waals surface area (Å²) in [6.45, 7) is 23.4. The van der Waals surface area contributed by atoms with Crippen molar-refractivity contribution in [3.8, 4) is 16.9 Å². The molecule has 1 radical (unpaired) electrons. The van der Waals surface area contributed by atoms with Crippen molar-refractivity contribution < 1.29 is 13.2 Å². The van der Waals surface area contributed by atoms with E-state index < -0.39 is 9.84 Å². The number of aromatic nitrogens is 2. The van der Waals surface area contributed by atoms with Gasteiger partial charge in [-0.2, -0.15) is 0 Å². The molecule has 0 saturated carbocycles. The fourth-order valence-electron chi connectivity index (χ4n) is 6.29. The van der Waals surface area contributed by atoms with Gasteiger partial charge in [0.1, 0.15) is 11.4 Å². The van der Waals surface area contributed by atoms with Crippen LogP contribution >= 0.6 is 0 Å². The van der Waals surface area contributed by atoms with Crippen LogP contribution in [0.15, 0.2) is 53.6 Å². The summed E-state index contributed by atoms with van der Waals surface area (Å²) in [6.07, 6.45) is 2.69. The van der Waals surface area contributed by atoms with Crippen LogP contribution in [0.5, 0.6) is 5.75 Å². The van der Waals surface area contributed by atoms with Crippen LogP contribution in [-0.4, -0.2) is 54.8 Å². The SMILES string of the molecule is [CH2]C(N(C)CCCOc1ccc(-c2cccc(S(=O)(=O)CC)c2)c2c1[nH]c1ncc(C)cc12)(C(C)(C)C)C(C)(C)C. The smallest absolute Gasteiger partial charge is 0.178 e. The third-order valence-corrected chi connectivity index (χ3v) is 10.3. The van der Waals surface area contributed by atoms with E-state index in [1.54, 1.807) is 25.1 Å². The molecule has 4 rings (SSSR count). The molecule has 41 heavy (non-hydrogen) atoms. The molecule has 0 amide bonds. The van der Waals surface area contributed by atoms with Crippen LogP contribution in [0.1, 0.15) is 60.5 Å². The number of pyridine rings is 1. The standard InChI is InChI=1S/C34H46N3O3S/c1-11-41(38,39)25-15-12-14-24(21-25)26-16-17-28(30-29(26)27-20-23(2)22-35-31(27)36-30)40-19-13-18-37(10)34(9,32(3,4)5)33(6,7)8/h12,14-17,20-22H,9,11,13,18-19H2,1-8,10H3,(H,35,36). The van der Waals surface area contributed by atoms with Crippen LogP contribution in [0.25, 0.3) is 33.1 Å². The first-order valence-electron chi connectivity index (χ1n) is 14.4. The van der Waals surface area contributed by atoms with Gasteiger partial charge in [0.25, 0.3) is 0 Å². The first-order valence-corrected chi connectivity index (χ1v) is 16.1. The predicted molar refractivity (Wildman–Crippen MR) is 171 cm³/mol. The zero-order valence-corrected chi connectivity index (χ0v) is 27.0. The number of rotatable bonds is 9. The van der Waals surface area contributed by atoms with Crippen molar-refractivity contribution in [1.82, 2.24) is 14.9 Å². The Bertz CT molecular complexity index is 1640. The monoisotopic (exact) mass is 576 g/mol. The Balaban J connectivity index is 1.67. The molecule has 2 aromatic carbocycles. The summed E-state index contributed by atoms with van der Waals surface area (Å²) in [7, 11) is -1.17. The molecular formula is C34H46N3O3S. The minimum Gasteiger partial charge on any atom is -0.491 e. The lowest BCUT2D eigenvalue weighted by Gasteiger charge is -2.56. The summed E-state index contributed by atoms with van der Waals surface area (Å²) in [5.41, 5.74) is 4.21. The Kier molecular flexibility index (Phi) is 8.38. The lowest BCUT2D eigenvalue weighted by Crippen LogP contribution is -2.61. The van der Waals surface area contributed by atoms with Gasteiger partial charge in [0.2, 0.25) is 0 Å². The second-order valence-electron chi connectivity index (χ2n) is 13.3. The van der Waals surface area contributed by atoms with Crippen molar-refractivity contribution in [3.63, 3.8) is 0 Å². The third kappa shape index (κ3) is 5.76. The first-order chi connectivity index (χ1) is 19.0. The van der Waals surface area contributed by atoms with Gasteiger partial charge in [-0.15, -0.1) is 0 Å². The van der Waals surface area contributed by atoms with Gasteiger partial charge >= 0.3 is 0 Å². The summed E-state index contributed by atoms with van der Waals surface area (Å²) < 4.78 is 31.7. The number of hydrogen-bond acceptors (Lipinski definition) is 5. The van der Waals surface area contributed by atoms with Crippen molar-refractivity contribution in [2.24, 2.45) is 10.8 Å². The molecule has 221 valence electrons. The maximum atomic E-state index is 12.6. The first kappa shape index (κ1) is 31.0. The normalized spacial score (nSPS) is 13.4. The predicted octanol–water partition coefficient (Wildman–Crippen LogP) is 7.85. The summed E-state index contributed by atoms with van der Waals surface area (Å²) in [4.78, 5) is 10.8. The second kappa shape index (κ2) is 11.1. The number of H-pyrrole nitrogens is 1. The number of benzene rings is 2. The molecule has 7 heteroatoms. The highest BCUT2D eigenvalue weighted by Gasteiger charge is 2.49. The summed E-state index contributed by atoms with van der Waals surface area (Å²) in [5, 5.41) is 1.97. The van der Waals surface area contributed by atoms with Gasteiger partial charge in [0, 0.05) is 29.1 Å². The van der Waals surface area contributed by atoms with E-state index in [1.807, 2.05) is 31.3 Å². The molecule has 0 aliphatic rings. The largest absolute Gasteiger partial charge is 0.491 e. The van der Waals surface area contributed by atoms with Gasteiger partial charge in [0.15, 0.2) is 9.84 Å². The average Bonchev–Trinajstić information content (AvgIpc) is 3.28. The maximum absolute atomic E-state index is 12.6. The maximum Gasteiger partial charge on any atom is 0.178 e. The Hall–Kier alpha value is -2.90. The van der Waals surface area contributed by atoms with Gasteiger partial charge < -0.3 is 9.72 Å². The van der Waals surface area contributed by atoms with Crippen LogP contribution < -0.4 is 4.74 Å². The van der Waals surface area contributed by atoms with Gasteiger partial charge in [-0.1, -0.05) is 60.6 Å². The van der Waals surface area contributed by atoms with Crippen LogP contribution in [0.4, 0.5) is 0 Å². The highest BCUT2D eigenvalue weighted by Crippen LogP contribution is 2.47. The summed E-state index contributed by atoms with van der Waals surface area (Å²) in [6, 6.07) is 13.3. The van der Waals surface area contributed by atoms with E-state index in [1.165, 1.54) is 0 Å². The molecule has 2 heterocycles. The molecule has 0 aliphatic carbocycles. The molecule has 0 fully saturated rings. The fraction of sp³-hybridized carbons (Fsp3) is 0.471. The Morgan fingerprint density at radius 1 is 1.02 bits per heavy atom. The van der Waals surface area contributed by atoms with E-state index in [2.05, 4.69) is 69.5 Å². The van der Waals surface area contributed by atoms with Crippen molar-refractivity contribution in [1.29, 1.82) is 0 Å². The molecule has 0 atom stereocenters. The molecule has 0 bridgehead atoms. The minimum absolute atomic E-state index is 0.00783. The highest BCUT2D eigenvalue weighted by atomic mass is 32.2. The molecule has 0 saturated heterocycles. The number of nitrogens with one attached hydrogen (secondary N) is 1. The number of aromatic amines is 1. The van der Waals surface area contributed by atoms with Crippen LogP contribution in [0.2, 0.25) is 0 Å². The van der Waals surface area contributed by atoms with Gasteiger partial charge in [-0.25, -0.2) is 13.4 Å². The van der Waals surface area contributed by atoms with E-state index in [-0.39, 0.29) is 22.1 Å². The number of ether oxygens (including phenoxy) is 1. The Morgan fingerprint density at radius 3 is 2.34 bits per heavy atom. The third-order valence-electron chi connectivity index (χ3n) is 8.62. The van der Waals surface area contributed by atoms with E-state index >= 15 is 0 Å². The Morgan fingerprint density at radius 2 is 1.71 bits per heavy atom. The van der Waals surface area contributed by atoms with Gasteiger partial charge in [0.05, 0.1) is 22.8 Å². The van der Waals surface area contributed by atoms with E-state index in [9.17, 15) is 8.42 Å². The van der Waals surface area contributed by atoms with E-state index in [0.29, 0.717) is 11.5 Å².